The SMILES string of the molecule is C=C(C)C(=O)Cc1cccc2ccccc12. The smallest absolute Gasteiger partial charge is 0.162 e. The normalized spacial score (nSPS) is 10.3. The molecule has 0 spiro atoms. The van der Waals surface area contributed by atoms with E-state index < -0.39 is 0 Å². The van der Waals surface area contributed by atoms with Crippen molar-refractivity contribution in [3.63, 3.8) is 0 Å². The number of Topliss-reactive ketones (excluding diaryl/α,β-unsaturated/α-hetero) is 1. The van der Waals surface area contributed by atoms with E-state index in [1.165, 1.54) is 5.39 Å². The number of hydrogen-bond donors (Lipinski definition) is 0. The first-order chi connectivity index (χ1) is 7.68. The van der Waals surface area contributed by atoms with Crippen molar-refractivity contribution in [1.29, 1.82) is 0 Å². The van der Waals surface area contributed by atoms with E-state index in [4.69, 9.17) is 0 Å². The topological polar surface area (TPSA) is 17.1 Å². The predicted octanol–water partition coefficient (Wildman–Crippen LogP) is 3.53. The van der Waals surface area contributed by atoms with Crippen LogP contribution in [0.5, 0.6) is 0 Å². The van der Waals surface area contributed by atoms with Gasteiger partial charge in [-0.2, -0.15) is 0 Å². The summed E-state index contributed by atoms with van der Waals surface area (Å²) < 4.78 is 0. The lowest BCUT2D eigenvalue weighted by molar-refractivity contribution is -0.114. The first-order valence-electron chi connectivity index (χ1n) is 5.34. The summed E-state index contributed by atoms with van der Waals surface area (Å²) >= 11 is 0. The molecule has 2 aromatic carbocycles. The van der Waals surface area contributed by atoms with Crippen LogP contribution in [0.15, 0.2) is 54.6 Å². The van der Waals surface area contributed by atoms with Gasteiger partial charge in [-0.1, -0.05) is 49.0 Å². The summed E-state index contributed by atoms with van der Waals surface area (Å²) in [4.78, 5) is 11.7. The number of carbonyl (C=O) groups excluding carboxylic acids is 1. The van der Waals surface area contributed by atoms with Crippen LogP contribution in [0.4, 0.5) is 0 Å². The van der Waals surface area contributed by atoms with Crippen molar-refractivity contribution in [1.82, 2.24) is 0 Å². The average molecular weight is 210 g/mol. The van der Waals surface area contributed by atoms with Gasteiger partial charge in [0.2, 0.25) is 0 Å². The maximum Gasteiger partial charge on any atom is 0.162 e. The van der Waals surface area contributed by atoms with Gasteiger partial charge in [0.05, 0.1) is 0 Å². The molecule has 2 rings (SSSR count). The van der Waals surface area contributed by atoms with Crippen LogP contribution < -0.4 is 0 Å². The van der Waals surface area contributed by atoms with Crippen LogP contribution in [0.3, 0.4) is 0 Å². The zero-order valence-corrected chi connectivity index (χ0v) is 9.36. The molecule has 0 heterocycles. The molecule has 0 fully saturated rings. The molecule has 0 bridgehead atoms. The van der Waals surface area contributed by atoms with E-state index >= 15 is 0 Å². The minimum absolute atomic E-state index is 0.108. The Labute approximate surface area is 95.4 Å². The highest BCUT2D eigenvalue weighted by Crippen LogP contribution is 2.19. The Morgan fingerprint density at radius 1 is 1.12 bits per heavy atom. The largest absolute Gasteiger partial charge is 0.294 e. The van der Waals surface area contributed by atoms with Gasteiger partial charge in [0, 0.05) is 6.42 Å². The van der Waals surface area contributed by atoms with Gasteiger partial charge in [-0.15, -0.1) is 0 Å². The summed E-state index contributed by atoms with van der Waals surface area (Å²) in [5, 5.41) is 2.33. The summed E-state index contributed by atoms with van der Waals surface area (Å²) in [6.07, 6.45) is 0.441. The number of fused-ring (bicyclic) bond motifs is 1. The fraction of sp³-hybridized carbons (Fsp3) is 0.133. The zero-order valence-electron chi connectivity index (χ0n) is 9.36. The highest BCUT2D eigenvalue weighted by molar-refractivity contribution is 5.98. The predicted molar refractivity (Wildman–Crippen MR) is 67.5 cm³/mol. The van der Waals surface area contributed by atoms with Gasteiger partial charge >= 0.3 is 0 Å². The molecule has 0 radical (unpaired) electrons. The van der Waals surface area contributed by atoms with Gasteiger partial charge in [0.25, 0.3) is 0 Å². The number of allylic oxidation sites excluding steroid dienone is 1. The van der Waals surface area contributed by atoms with Crippen LogP contribution in [0.2, 0.25) is 0 Å². The zero-order chi connectivity index (χ0) is 11.5. The quantitative estimate of drug-likeness (QED) is 0.708. The molecule has 0 aliphatic heterocycles. The third-order valence-electron chi connectivity index (χ3n) is 2.71. The maximum atomic E-state index is 11.7. The molecular formula is C15H14O. The molecule has 16 heavy (non-hydrogen) atoms. The Morgan fingerprint density at radius 3 is 2.56 bits per heavy atom. The first-order valence-corrected chi connectivity index (χ1v) is 5.34. The number of benzene rings is 2. The van der Waals surface area contributed by atoms with Crippen molar-refractivity contribution in [3.8, 4) is 0 Å². The van der Waals surface area contributed by atoms with Crippen LogP contribution in [0, 0.1) is 0 Å². The van der Waals surface area contributed by atoms with Gasteiger partial charge in [0.1, 0.15) is 0 Å². The Bertz CT molecular complexity index is 547. The van der Waals surface area contributed by atoms with Crippen molar-refractivity contribution >= 4 is 16.6 Å². The maximum absolute atomic E-state index is 11.7. The van der Waals surface area contributed by atoms with Crippen LogP contribution in [-0.4, -0.2) is 5.78 Å². The van der Waals surface area contributed by atoms with Crippen LogP contribution in [-0.2, 0) is 11.2 Å². The van der Waals surface area contributed by atoms with Gasteiger partial charge in [-0.3, -0.25) is 4.79 Å². The number of ketones is 1. The van der Waals surface area contributed by atoms with Crippen LogP contribution in [0.25, 0.3) is 10.8 Å². The van der Waals surface area contributed by atoms with E-state index in [0.29, 0.717) is 12.0 Å². The fourth-order valence-corrected chi connectivity index (χ4v) is 1.77. The Hall–Kier alpha value is -1.89. The van der Waals surface area contributed by atoms with Crippen LogP contribution in [0.1, 0.15) is 12.5 Å². The van der Waals surface area contributed by atoms with E-state index in [2.05, 4.69) is 24.8 Å². The highest BCUT2D eigenvalue weighted by atomic mass is 16.1. The third-order valence-corrected chi connectivity index (χ3v) is 2.71. The fourth-order valence-electron chi connectivity index (χ4n) is 1.77. The second-order valence-electron chi connectivity index (χ2n) is 4.02. The van der Waals surface area contributed by atoms with Crippen LogP contribution >= 0.6 is 0 Å². The van der Waals surface area contributed by atoms with Crippen molar-refractivity contribution in [3.05, 3.63) is 60.2 Å². The lowest BCUT2D eigenvalue weighted by Gasteiger charge is -2.05. The van der Waals surface area contributed by atoms with Gasteiger partial charge < -0.3 is 0 Å². The molecule has 0 atom stereocenters. The molecular weight excluding hydrogens is 196 g/mol. The summed E-state index contributed by atoms with van der Waals surface area (Å²) in [5.41, 5.74) is 1.69. The van der Waals surface area contributed by atoms with E-state index in [1.807, 2.05) is 24.3 Å². The van der Waals surface area contributed by atoms with E-state index in [1.54, 1.807) is 6.92 Å². The second kappa shape index (κ2) is 4.31. The number of hydrogen-bond acceptors (Lipinski definition) is 1. The highest BCUT2D eigenvalue weighted by Gasteiger charge is 2.06. The Kier molecular flexibility index (Phi) is 2.86. The molecule has 0 amide bonds. The standard InChI is InChI=1S/C15H14O/c1-11(2)15(16)10-13-8-5-7-12-6-3-4-9-14(12)13/h3-9H,1,10H2,2H3. The molecule has 1 nitrogen and oxygen atoms in total. The molecule has 0 N–H and O–H groups in total. The number of rotatable bonds is 3. The second-order valence-corrected chi connectivity index (χ2v) is 4.02. The third kappa shape index (κ3) is 2.03. The van der Waals surface area contributed by atoms with Gasteiger partial charge in [-0.25, -0.2) is 0 Å². The molecule has 0 aliphatic rings. The molecule has 2 aromatic rings. The van der Waals surface area contributed by atoms with Crippen molar-refractivity contribution in [2.75, 3.05) is 0 Å². The number of carbonyl (C=O) groups is 1. The molecule has 0 unspecified atom stereocenters. The summed E-state index contributed by atoms with van der Waals surface area (Å²) in [5.74, 6) is 0.108. The van der Waals surface area contributed by atoms with Crippen molar-refractivity contribution < 1.29 is 4.79 Å². The van der Waals surface area contributed by atoms with E-state index in [9.17, 15) is 4.79 Å². The first kappa shape index (κ1) is 10.6. The lowest BCUT2D eigenvalue weighted by Crippen LogP contribution is -2.03. The molecule has 0 saturated heterocycles. The minimum atomic E-state index is 0.108. The average Bonchev–Trinajstić information content (AvgIpc) is 2.29. The lowest BCUT2D eigenvalue weighted by atomic mass is 9.99. The Morgan fingerprint density at radius 2 is 1.81 bits per heavy atom. The van der Waals surface area contributed by atoms with Gasteiger partial charge in [0.15, 0.2) is 5.78 Å². The molecule has 0 saturated carbocycles. The van der Waals surface area contributed by atoms with Gasteiger partial charge in [-0.05, 0) is 28.8 Å². The molecule has 0 aromatic heterocycles. The van der Waals surface area contributed by atoms with Crippen molar-refractivity contribution in [2.45, 2.75) is 13.3 Å². The molecule has 80 valence electrons. The monoisotopic (exact) mass is 210 g/mol. The summed E-state index contributed by atoms with van der Waals surface area (Å²) in [6, 6.07) is 14.2. The molecule has 1 heteroatoms. The summed E-state index contributed by atoms with van der Waals surface area (Å²) in [7, 11) is 0. The van der Waals surface area contributed by atoms with E-state index in [0.717, 1.165) is 10.9 Å². The minimum Gasteiger partial charge on any atom is -0.294 e. The Balaban J connectivity index is 2.45. The molecule has 0 aliphatic carbocycles. The summed E-state index contributed by atoms with van der Waals surface area (Å²) in [6.45, 7) is 5.44. The van der Waals surface area contributed by atoms with E-state index in [-0.39, 0.29) is 5.78 Å². The van der Waals surface area contributed by atoms with Crippen molar-refractivity contribution in [2.24, 2.45) is 0 Å².